The lowest BCUT2D eigenvalue weighted by Crippen LogP contribution is -2.64. The van der Waals surface area contributed by atoms with Crippen molar-refractivity contribution in [3.8, 4) is 0 Å². The minimum Gasteiger partial charge on any atom is -0.465 e. The van der Waals surface area contributed by atoms with Crippen LogP contribution >= 0.6 is 0 Å². The van der Waals surface area contributed by atoms with Gasteiger partial charge in [0.1, 0.15) is 12.2 Å². The maximum Gasteiger partial charge on any atom is 0.302 e. The van der Waals surface area contributed by atoms with Gasteiger partial charge in [-0.25, -0.2) is 0 Å². The van der Waals surface area contributed by atoms with Crippen LogP contribution in [0.2, 0.25) is 0 Å². The van der Waals surface area contributed by atoms with E-state index in [0.717, 1.165) is 51.4 Å². The summed E-state index contributed by atoms with van der Waals surface area (Å²) in [7, 11) is 0. The van der Waals surface area contributed by atoms with Gasteiger partial charge in [-0.1, -0.05) is 6.92 Å². The summed E-state index contributed by atoms with van der Waals surface area (Å²) < 4.78 is 37.4. The Morgan fingerprint density at radius 3 is 2.41 bits per heavy atom. The average molecular weight is 449 g/mol. The second kappa shape index (κ2) is 6.48. The zero-order valence-electron chi connectivity index (χ0n) is 19.4. The molecule has 4 aliphatic carbocycles. The van der Waals surface area contributed by atoms with Gasteiger partial charge >= 0.3 is 5.97 Å². The molecule has 0 aromatic carbocycles. The molecule has 7 rings (SSSR count). The van der Waals surface area contributed by atoms with Crippen molar-refractivity contribution in [2.75, 3.05) is 33.0 Å². The van der Waals surface area contributed by atoms with Crippen molar-refractivity contribution in [1.82, 2.24) is 0 Å². The van der Waals surface area contributed by atoms with Gasteiger partial charge < -0.3 is 28.4 Å². The molecule has 0 N–H and O–H groups in total. The van der Waals surface area contributed by atoms with Gasteiger partial charge in [-0.05, 0) is 49.9 Å². The van der Waals surface area contributed by atoms with Crippen LogP contribution in [0.15, 0.2) is 0 Å². The lowest BCUT2D eigenvalue weighted by molar-refractivity contribution is -0.260. The quantitative estimate of drug-likeness (QED) is 0.474. The maximum atomic E-state index is 11.9. The number of hydrogen-bond acceptors (Lipinski definition) is 7. The molecular weight excluding hydrogens is 412 g/mol. The van der Waals surface area contributed by atoms with Crippen LogP contribution < -0.4 is 0 Å². The Morgan fingerprint density at radius 1 is 0.938 bits per heavy atom. The number of hydrogen-bond donors (Lipinski definition) is 0. The van der Waals surface area contributed by atoms with Crippen LogP contribution in [0.1, 0.15) is 65.2 Å². The fourth-order valence-electron chi connectivity index (χ4n) is 9.55. The monoisotopic (exact) mass is 448 g/mol. The summed E-state index contributed by atoms with van der Waals surface area (Å²) in [5, 5.41) is 0. The first-order valence-electron chi connectivity index (χ1n) is 12.7. The van der Waals surface area contributed by atoms with E-state index in [0.29, 0.717) is 50.8 Å². The van der Waals surface area contributed by atoms with Crippen molar-refractivity contribution < 1.29 is 33.2 Å². The topological polar surface area (TPSA) is 75.8 Å². The number of ether oxygens (including phenoxy) is 6. The van der Waals surface area contributed by atoms with E-state index in [4.69, 9.17) is 28.4 Å². The number of rotatable bonds is 2. The Morgan fingerprint density at radius 2 is 1.66 bits per heavy atom. The molecule has 0 bridgehead atoms. The first-order chi connectivity index (χ1) is 15.4. The van der Waals surface area contributed by atoms with Crippen molar-refractivity contribution in [2.45, 2.75) is 88.5 Å². The van der Waals surface area contributed by atoms with Crippen molar-refractivity contribution >= 4 is 5.97 Å². The van der Waals surface area contributed by atoms with Gasteiger partial charge in [0.05, 0.1) is 32.5 Å². The summed E-state index contributed by atoms with van der Waals surface area (Å²) in [5.74, 6) is 0.493. The Kier molecular flexibility index (Phi) is 4.18. The van der Waals surface area contributed by atoms with Gasteiger partial charge in [-0.2, -0.15) is 0 Å². The Labute approximate surface area is 189 Å². The lowest BCUT2D eigenvalue weighted by Gasteiger charge is -2.61. The lowest BCUT2D eigenvalue weighted by atomic mass is 9.44. The molecular formula is C25H36O7. The van der Waals surface area contributed by atoms with Crippen LogP contribution in [0, 0.1) is 28.6 Å². The Bertz CT molecular complexity index is 817. The smallest absolute Gasteiger partial charge is 0.302 e. The largest absolute Gasteiger partial charge is 0.465 e. The summed E-state index contributed by atoms with van der Waals surface area (Å²) in [6.45, 7) is 7.13. The van der Waals surface area contributed by atoms with Crippen LogP contribution in [0.4, 0.5) is 0 Å². The van der Waals surface area contributed by atoms with Gasteiger partial charge in [0.25, 0.3) is 0 Å². The van der Waals surface area contributed by atoms with Gasteiger partial charge in [-0.15, -0.1) is 0 Å². The third-order valence-electron chi connectivity index (χ3n) is 10.9. The molecule has 3 heterocycles. The van der Waals surface area contributed by atoms with Crippen LogP contribution in [-0.2, 0) is 33.2 Å². The zero-order valence-corrected chi connectivity index (χ0v) is 19.4. The highest BCUT2D eigenvalue weighted by atomic mass is 16.7. The predicted octanol–water partition coefficient (Wildman–Crippen LogP) is 3.19. The summed E-state index contributed by atoms with van der Waals surface area (Å²) in [5.41, 5.74) is -0.381. The minimum atomic E-state index is -0.507. The molecule has 7 aliphatic rings. The SMILES string of the molecule is CC(=O)OC[C@]12CCC3(C[C@]14O[C@@H]4C[C@@H]1[C@@H]2CC[C@@]2(C)[C@H]1CCC21OCCO1)OCCO3. The molecule has 0 aromatic heterocycles. The maximum absolute atomic E-state index is 11.9. The van der Waals surface area contributed by atoms with E-state index in [1.807, 2.05) is 0 Å². The van der Waals surface area contributed by atoms with Crippen molar-refractivity contribution in [2.24, 2.45) is 28.6 Å². The molecule has 7 fully saturated rings. The summed E-state index contributed by atoms with van der Waals surface area (Å²) in [6.07, 6.45) is 8.19. The summed E-state index contributed by atoms with van der Waals surface area (Å²) >= 11 is 0. The number of carbonyl (C=O) groups is 1. The highest BCUT2D eigenvalue weighted by Gasteiger charge is 2.81. The average Bonchev–Trinajstić information content (AvgIpc) is 3.13. The normalized spacial score (nSPS) is 51.7. The molecule has 7 nitrogen and oxygen atoms in total. The summed E-state index contributed by atoms with van der Waals surface area (Å²) in [4.78, 5) is 11.9. The highest BCUT2D eigenvalue weighted by molar-refractivity contribution is 5.66. The number of esters is 1. The van der Waals surface area contributed by atoms with E-state index in [9.17, 15) is 4.79 Å². The first-order valence-corrected chi connectivity index (χ1v) is 12.7. The van der Waals surface area contributed by atoms with Gasteiger partial charge in [0.15, 0.2) is 11.6 Å². The Balaban J connectivity index is 1.25. The van der Waals surface area contributed by atoms with Gasteiger partial charge in [0, 0.05) is 37.0 Å². The minimum absolute atomic E-state index is 0.0513. The van der Waals surface area contributed by atoms with Crippen LogP contribution in [0.5, 0.6) is 0 Å². The van der Waals surface area contributed by atoms with Gasteiger partial charge in [0.2, 0.25) is 0 Å². The van der Waals surface area contributed by atoms with Crippen molar-refractivity contribution in [3.05, 3.63) is 0 Å². The highest BCUT2D eigenvalue weighted by Crippen LogP contribution is 2.76. The Hall–Kier alpha value is -0.730. The number of carbonyl (C=O) groups excluding carboxylic acids is 1. The molecule has 3 saturated heterocycles. The molecule has 0 radical (unpaired) electrons. The van der Waals surface area contributed by atoms with Crippen molar-refractivity contribution in [3.63, 3.8) is 0 Å². The van der Waals surface area contributed by atoms with Crippen LogP contribution in [0.3, 0.4) is 0 Å². The number of fused-ring (bicyclic) bond motifs is 5. The molecule has 7 atom stereocenters. The second-order valence-corrected chi connectivity index (χ2v) is 11.8. The van der Waals surface area contributed by atoms with Gasteiger partial charge in [-0.3, -0.25) is 4.79 Å². The van der Waals surface area contributed by atoms with Crippen LogP contribution in [-0.4, -0.2) is 62.3 Å². The third-order valence-corrected chi connectivity index (χ3v) is 10.9. The molecule has 178 valence electrons. The van der Waals surface area contributed by atoms with E-state index >= 15 is 0 Å². The molecule has 0 unspecified atom stereocenters. The first kappa shape index (κ1) is 20.6. The molecule has 3 spiro atoms. The fourth-order valence-corrected chi connectivity index (χ4v) is 9.55. The van der Waals surface area contributed by atoms with E-state index in [1.165, 1.54) is 6.92 Å². The predicted molar refractivity (Wildman–Crippen MR) is 111 cm³/mol. The van der Waals surface area contributed by atoms with E-state index in [1.54, 1.807) is 0 Å². The molecule has 3 aliphatic heterocycles. The summed E-state index contributed by atoms with van der Waals surface area (Å²) in [6, 6.07) is 0. The molecule has 32 heavy (non-hydrogen) atoms. The van der Waals surface area contributed by atoms with E-state index in [-0.39, 0.29) is 28.5 Å². The molecule has 0 amide bonds. The molecule has 7 heteroatoms. The second-order valence-electron chi connectivity index (χ2n) is 11.8. The molecule has 0 aromatic rings. The van der Waals surface area contributed by atoms with E-state index < -0.39 is 11.6 Å². The molecule has 4 saturated carbocycles. The number of epoxide rings is 1. The van der Waals surface area contributed by atoms with Crippen molar-refractivity contribution in [1.29, 1.82) is 0 Å². The fraction of sp³-hybridized carbons (Fsp3) is 0.960. The zero-order chi connectivity index (χ0) is 21.8. The van der Waals surface area contributed by atoms with E-state index in [2.05, 4.69) is 6.92 Å². The third kappa shape index (κ3) is 2.37. The standard InChI is InChI=1S/C25H36O7/c1-16(26)27-15-22-7-8-23(28-9-10-29-23)14-24(22)20(32-24)13-17-18-4-6-25(30-11-12-31-25)21(18,2)5-3-19(17)22/h17-20H,3-15H2,1-2H3/t17-,18-,19-,20+,21-,22-,24+/m0/s1. The van der Waals surface area contributed by atoms with Crippen LogP contribution in [0.25, 0.3) is 0 Å².